The second kappa shape index (κ2) is 3.78. The lowest BCUT2D eigenvalue weighted by Crippen LogP contribution is -2.45. The van der Waals surface area contributed by atoms with Crippen molar-refractivity contribution < 1.29 is 9.13 Å². The van der Waals surface area contributed by atoms with E-state index in [-0.39, 0.29) is 12.1 Å². The van der Waals surface area contributed by atoms with Gasteiger partial charge in [0, 0.05) is 31.7 Å². The maximum atomic E-state index is 14.2. The number of methoxy groups -OCH3 is 1. The molecule has 0 amide bonds. The molecule has 3 heteroatoms. The minimum atomic E-state index is -1.15. The molecule has 0 aromatic heterocycles. The summed E-state index contributed by atoms with van der Waals surface area (Å²) < 4.78 is 19.1. The van der Waals surface area contributed by atoms with Crippen LogP contribution in [0.15, 0.2) is 0 Å². The number of halogens is 1. The molecule has 0 saturated carbocycles. The van der Waals surface area contributed by atoms with Crippen LogP contribution in [0.2, 0.25) is 0 Å². The third-order valence-corrected chi connectivity index (χ3v) is 2.91. The van der Waals surface area contributed by atoms with Crippen molar-refractivity contribution >= 4 is 0 Å². The summed E-state index contributed by atoms with van der Waals surface area (Å²) in [7, 11) is 1.56. The average molecular weight is 203 g/mol. The zero-order valence-electron chi connectivity index (χ0n) is 9.93. The second-order valence-electron chi connectivity index (χ2n) is 5.44. The standard InChI is InChI=1S/C11H22FNO/c1-9-6-11(12,8-14-5)7-13(9)10(2,3)4/h9H,6-8H2,1-5H3/t9-,11-/m1/s1. The summed E-state index contributed by atoms with van der Waals surface area (Å²) in [6.45, 7) is 9.17. The van der Waals surface area contributed by atoms with Crippen LogP contribution in [-0.2, 0) is 4.74 Å². The molecule has 2 atom stereocenters. The largest absolute Gasteiger partial charge is 0.381 e. The van der Waals surface area contributed by atoms with Crippen LogP contribution in [0.3, 0.4) is 0 Å². The van der Waals surface area contributed by atoms with Crippen LogP contribution >= 0.6 is 0 Å². The maximum Gasteiger partial charge on any atom is 0.148 e. The van der Waals surface area contributed by atoms with Gasteiger partial charge in [0.05, 0.1) is 6.61 Å². The molecule has 2 nitrogen and oxygen atoms in total. The first-order valence-corrected chi connectivity index (χ1v) is 5.23. The zero-order chi connectivity index (χ0) is 11.0. The quantitative estimate of drug-likeness (QED) is 0.682. The molecule has 1 heterocycles. The Kier molecular flexibility index (Phi) is 3.22. The molecular formula is C11H22FNO. The first-order valence-electron chi connectivity index (χ1n) is 5.23. The molecule has 0 spiro atoms. The molecule has 0 aromatic rings. The van der Waals surface area contributed by atoms with E-state index in [2.05, 4.69) is 32.6 Å². The number of likely N-dealkylation sites (tertiary alicyclic amines) is 1. The van der Waals surface area contributed by atoms with Crippen LogP contribution in [-0.4, -0.2) is 42.4 Å². The fourth-order valence-electron chi connectivity index (χ4n) is 2.43. The van der Waals surface area contributed by atoms with Gasteiger partial charge >= 0.3 is 0 Å². The predicted octanol–water partition coefficient (Wildman–Crippen LogP) is 2.23. The summed E-state index contributed by atoms with van der Waals surface area (Å²) in [6, 6.07) is 0.301. The van der Waals surface area contributed by atoms with Gasteiger partial charge in [-0.05, 0) is 27.7 Å². The van der Waals surface area contributed by atoms with E-state index in [4.69, 9.17) is 4.74 Å². The highest BCUT2D eigenvalue weighted by Crippen LogP contribution is 2.35. The lowest BCUT2D eigenvalue weighted by atomic mass is 10.0. The predicted molar refractivity (Wildman–Crippen MR) is 56.3 cm³/mol. The Morgan fingerprint density at radius 2 is 2.07 bits per heavy atom. The highest BCUT2D eigenvalue weighted by Gasteiger charge is 2.46. The van der Waals surface area contributed by atoms with E-state index in [1.54, 1.807) is 7.11 Å². The van der Waals surface area contributed by atoms with E-state index in [1.807, 2.05) is 0 Å². The van der Waals surface area contributed by atoms with Crippen LogP contribution in [0.1, 0.15) is 34.1 Å². The lowest BCUT2D eigenvalue weighted by molar-refractivity contribution is 0.0366. The van der Waals surface area contributed by atoms with E-state index in [9.17, 15) is 4.39 Å². The van der Waals surface area contributed by atoms with Gasteiger partial charge in [0.1, 0.15) is 5.67 Å². The highest BCUT2D eigenvalue weighted by molar-refractivity contribution is 4.99. The summed E-state index contributed by atoms with van der Waals surface area (Å²) in [6.07, 6.45) is 0.581. The van der Waals surface area contributed by atoms with Crippen LogP contribution in [0, 0.1) is 0 Å². The molecule has 0 aromatic carbocycles. The first-order chi connectivity index (χ1) is 6.28. The monoisotopic (exact) mass is 203 g/mol. The number of ether oxygens (including phenoxy) is 1. The normalized spacial score (nSPS) is 35.1. The molecule has 0 unspecified atom stereocenters. The van der Waals surface area contributed by atoms with Crippen molar-refractivity contribution in [2.75, 3.05) is 20.3 Å². The molecule has 1 aliphatic rings. The van der Waals surface area contributed by atoms with Gasteiger partial charge in [0.2, 0.25) is 0 Å². The van der Waals surface area contributed by atoms with Gasteiger partial charge in [-0.25, -0.2) is 4.39 Å². The highest BCUT2D eigenvalue weighted by atomic mass is 19.1. The van der Waals surface area contributed by atoms with Gasteiger partial charge in [-0.2, -0.15) is 0 Å². The fraction of sp³-hybridized carbons (Fsp3) is 1.00. The van der Waals surface area contributed by atoms with Crippen molar-refractivity contribution in [2.24, 2.45) is 0 Å². The van der Waals surface area contributed by atoms with Gasteiger partial charge in [0.25, 0.3) is 0 Å². The minimum absolute atomic E-state index is 0.0427. The van der Waals surface area contributed by atoms with Gasteiger partial charge in [-0.1, -0.05) is 0 Å². The molecule has 1 aliphatic heterocycles. The van der Waals surface area contributed by atoms with Gasteiger partial charge < -0.3 is 4.74 Å². The average Bonchev–Trinajstić information content (AvgIpc) is 2.26. The molecule has 0 bridgehead atoms. The number of hydrogen-bond donors (Lipinski definition) is 0. The van der Waals surface area contributed by atoms with Crippen LogP contribution in [0.25, 0.3) is 0 Å². The Morgan fingerprint density at radius 1 is 1.50 bits per heavy atom. The van der Waals surface area contributed by atoms with Crippen molar-refractivity contribution in [3.05, 3.63) is 0 Å². The summed E-state index contributed by atoms with van der Waals surface area (Å²) in [5.74, 6) is 0. The van der Waals surface area contributed by atoms with Crippen molar-refractivity contribution in [1.29, 1.82) is 0 Å². The summed E-state index contributed by atoms with van der Waals surface area (Å²) in [5.41, 5.74) is -1.11. The van der Waals surface area contributed by atoms with Gasteiger partial charge in [-0.3, -0.25) is 4.90 Å². The summed E-state index contributed by atoms with van der Waals surface area (Å²) in [5, 5.41) is 0. The van der Waals surface area contributed by atoms with E-state index in [0.29, 0.717) is 19.0 Å². The Labute approximate surface area is 86.4 Å². The molecule has 0 radical (unpaired) electrons. The number of hydrogen-bond acceptors (Lipinski definition) is 2. The topological polar surface area (TPSA) is 12.5 Å². The molecule has 84 valence electrons. The van der Waals surface area contributed by atoms with Crippen molar-refractivity contribution in [3.8, 4) is 0 Å². The zero-order valence-corrected chi connectivity index (χ0v) is 9.93. The summed E-state index contributed by atoms with van der Waals surface area (Å²) >= 11 is 0. The third kappa shape index (κ3) is 2.45. The Morgan fingerprint density at radius 3 is 2.43 bits per heavy atom. The van der Waals surface area contributed by atoms with Crippen LogP contribution in [0.4, 0.5) is 4.39 Å². The Balaban J connectivity index is 2.68. The number of rotatable bonds is 2. The van der Waals surface area contributed by atoms with E-state index < -0.39 is 5.67 Å². The number of alkyl halides is 1. The molecule has 14 heavy (non-hydrogen) atoms. The molecule has 1 rings (SSSR count). The van der Waals surface area contributed by atoms with Crippen molar-refractivity contribution in [1.82, 2.24) is 4.90 Å². The molecule has 0 N–H and O–H groups in total. The number of nitrogens with zero attached hydrogens (tertiary/aromatic N) is 1. The van der Waals surface area contributed by atoms with E-state index in [0.717, 1.165) is 0 Å². The first kappa shape index (κ1) is 11.9. The Hall–Kier alpha value is -0.150. The second-order valence-corrected chi connectivity index (χ2v) is 5.44. The molecular weight excluding hydrogens is 181 g/mol. The third-order valence-electron chi connectivity index (χ3n) is 2.91. The molecule has 1 saturated heterocycles. The van der Waals surface area contributed by atoms with Gasteiger partial charge in [0.15, 0.2) is 0 Å². The maximum absolute atomic E-state index is 14.2. The van der Waals surface area contributed by atoms with Crippen LogP contribution < -0.4 is 0 Å². The van der Waals surface area contributed by atoms with E-state index >= 15 is 0 Å². The van der Waals surface area contributed by atoms with E-state index in [1.165, 1.54) is 0 Å². The van der Waals surface area contributed by atoms with Crippen molar-refractivity contribution in [3.63, 3.8) is 0 Å². The Bertz CT molecular complexity index is 202. The van der Waals surface area contributed by atoms with Crippen molar-refractivity contribution in [2.45, 2.75) is 51.4 Å². The van der Waals surface area contributed by atoms with Gasteiger partial charge in [-0.15, -0.1) is 0 Å². The lowest BCUT2D eigenvalue weighted by Gasteiger charge is -2.35. The SMILES string of the molecule is COC[C@@]1(F)C[C@@H](C)N(C(C)(C)C)C1. The summed E-state index contributed by atoms with van der Waals surface area (Å²) in [4.78, 5) is 2.21. The molecule has 1 fully saturated rings. The molecule has 0 aliphatic carbocycles. The smallest absolute Gasteiger partial charge is 0.148 e. The minimum Gasteiger partial charge on any atom is -0.381 e. The fourth-order valence-corrected chi connectivity index (χ4v) is 2.43. The van der Waals surface area contributed by atoms with Crippen LogP contribution in [0.5, 0.6) is 0 Å².